The molecule has 0 aliphatic heterocycles. The van der Waals surface area contributed by atoms with Crippen LogP contribution in [-0.4, -0.2) is 33.8 Å². The molecule has 4 aromatic rings. The first kappa shape index (κ1) is 33.7. The maximum atomic E-state index is 11.7. The van der Waals surface area contributed by atoms with Crippen molar-refractivity contribution in [2.24, 2.45) is 0 Å². The number of alkyl carbamates (subject to hydrolysis) is 1. The van der Waals surface area contributed by atoms with Crippen molar-refractivity contribution in [3.05, 3.63) is 131 Å². The van der Waals surface area contributed by atoms with Crippen molar-refractivity contribution in [3.8, 4) is 6.07 Å². The minimum atomic E-state index is -0.964. The summed E-state index contributed by atoms with van der Waals surface area (Å²) in [7, 11) is 0. The monoisotopic (exact) mass is 608 g/mol. The fourth-order valence-corrected chi connectivity index (χ4v) is 4.14. The summed E-state index contributed by atoms with van der Waals surface area (Å²) in [5.41, 5.74) is 3.35. The number of carbonyl (C=O) groups is 3. The molecule has 0 saturated carbocycles. The number of nitrogens with one attached hydrogen (secondary N) is 3. The highest BCUT2D eigenvalue weighted by Crippen LogP contribution is 2.22. The van der Waals surface area contributed by atoms with Crippen LogP contribution in [0.25, 0.3) is 0 Å². The predicted octanol–water partition coefficient (Wildman–Crippen LogP) is 6.75. The highest BCUT2D eigenvalue weighted by molar-refractivity contribution is 5.80. The van der Waals surface area contributed by atoms with Gasteiger partial charge in [0, 0.05) is 17.9 Å². The van der Waals surface area contributed by atoms with Crippen molar-refractivity contribution in [2.75, 3.05) is 10.6 Å². The summed E-state index contributed by atoms with van der Waals surface area (Å²) in [4.78, 5) is 34.7. The van der Waals surface area contributed by atoms with E-state index in [4.69, 9.17) is 10.00 Å². The first-order chi connectivity index (χ1) is 21.4. The molecule has 45 heavy (non-hydrogen) atoms. The number of rotatable bonds is 10. The Labute approximate surface area is 262 Å². The largest absolute Gasteiger partial charge is 0.479 e. The molecule has 4 rings (SSSR count). The van der Waals surface area contributed by atoms with Crippen LogP contribution < -0.4 is 16.0 Å². The molecule has 0 bridgehead atoms. The molecular weight excluding hydrogens is 572 g/mol. The Kier molecular flexibility index (Phi) is 12.1. The summed E-state index contributed by atoms with van der Waals surface area (Å²) in [5, 5.41) is 36.2. The van der Waals surface area contributed by atoms with Crippen LogP contribution in [0.4, 0.5) is 16.2 Å². The normalized spacial score (nSPS) is 11.8. The molecule has 10 nitrogen and oxygen atoms in total. The molecular formula is C35H36N4O6. The number of hydrogen-bond acceptors (Lipinski definition) is 7. The number of carboxylic acids is 2. The lowest BCUT2D eigenvalue weighted by Gasteiger charge is -2.20. The van der Waals surface area contributed by atoms with Gasteiger partial charge in [-0.05, 0) is 67.8 Å². The fraction of sp³-hybridized carbons (Fsp3) is 0.200. The molecule has 0 fully saturated rings. The maximum Gasteiger partial charge on any atom is 0.407 e. The SMILES string of the molecule is CC(C)(C)OC(=O)NCc1cccc(NC(C(=O)O)c2ccccc2)c1.N#Cc1cccc(NC(C(=O)O)c2ccccc2)c1. The van der Waals surface area contributed by atoms with Gasteiger partial charge in [0.2, 0.25) is 0 Å². The number of aliphatic carboxylic acids is 2. The Bertz CT molecular complexity index is 1610. The summed E-state index contributed by atoms with van der Waals surface area (Å²) in [6.07, 6.45) is -0.497. The van der Waals surface area contributed by atoms with Gasteiger partial charge in [-0.1, -0.05) is 78.9 Å². The van der Waals surface area contributed by atoms with Crippen molar-refractivity contribution < 1.29 is 29.3 Å². The van der Waals surface area contributed by atoms with Crippen LogP contribution >= 0.6 is 0 Å². The summed E-state index contributed by atoms with van der Waals surface area (Å²) in [5.74, 6) is -1.93. The molecule has 1 amide bonds. The van der Waals surface area contributed by atoms with Gasteiger partial charge >= 0.3 is 18.0 Å². The molecule has 2 unspecified atom stereocenters. The van der Waals surface area contributed by atoms with Crippen LogP contribution in [-0.2, 0) is 20.9 Å². The summed E-state index contributed by atoms with van der Waals surface area (Å²) in [6, 6.07) is 32.2. The van der Waals surface area contributed by atoms with Gasteiger partial charge < -0.3 is 30.9 Å². The number of amides is 1. The minimum absolute atomic E-state index is 0.285. The summed E-state index contributed by atoms with van der Waals surface area (Å²) in [6.45, 7) is 5.68. The zero-order valence-electron chi connectivity index (χ0n) is 25.2. The number of ether oxygens (including phenoxy) is 1. The van der Waals surface area contributed by atoms with Crippen molar-refractivity contribution in [1.29, 1.82) is 5.26 Å². The van der Waals surface area contributed by atoms with Crippen LogP contribution in [0.15, 0.2) is 109 Å². The van der Waals surface area contributed by atoms with Gasteiger partial charge in [0.25, 0.3) is 0 Å². The van der Waals surface area contributed by atoms with E-state index in [0.29, 0.717) is 28.1 Å². The lowest BCUT2D eigenvalue weighted by molar-refractivity contribution is -0.139. The van der Waals surface area contributed by atoms with Crippen LogP contribution in [0.1, 0.15) is 55.1 Å². The number of carbonyl (C=O) groups excluding carboxylic acids is 1. The highest BCUT2D eigenvalue weighted by atomic mass is 16.6. The second-order valence-corrected chi connectivity index (χ2v) is 10.9. The number of carboxylic acid groups (broad SMARTS) is 2. The van der Waals surface area contributed by atoms with E-state index in [1.165, 1.54) is 0 Å². The van der Waals surface area contributed by atoms with E-state index in [-0.39, 0.29) is 6.54 Å². The molecule has 0 heterocycles. The van der Waals surface area contributed by atoms with E-state index in [1.54, 1.807) is 112 Å². The van der Waals surface area contributed by atoms with E-state index in [0.717, 1.165) is 5.56 Å². The first-order valence-electron chi connectivity index (χ1n) is 14.1. The third-order valence-corrected chi connectivity index (χ3v) is 6.14. The van der Waals surface area contributed by atoms with E-state index in [9.17, 15) is 24.6 Å². The van der Waals surface area contributed by atoms with Crippen LogP contribution in [0, 0.1) is 11.3 Å². The molecule has 0 aliphatic carbocycles. The Morgan fingerprint density at radius 2 is 1.22 bits per heavy atom. The smallest absolute Gasteiger partial charge is 0.407 e. The first-order valence-corrected chi connectivity index (χ1v) is 14.1. The zero-order valence-corrected chi connectivity index (χ0v) is 25.2. The van der Waals surface area contributed by atoms with E-state index >= 15 is 0 Å². The second kappa shape index (κ2) is 16.1. The Balaban J connectivity index is 0.000000257. The van der Waals surface area contributed by atoms with Crippen molar-refractivity contribution in [3.63, 3.8) is 0 Å². The molecule has 0 aliphatic rings. The average Bonchev–Trinajstić information content (AvgIpc) is 3.02. The third-order valence-electron chi connectivity index (χ3n) is 6.14. The number of nitrogens with zero attached hydrogens (tertiary/aromatic N) is 1. The maximum absolute atomic E-state index is 11.7. The topological polar surface area (TPSA) is 161 Å². The molecule has 10 heteroatoms. The fourth-order valence-electron chi connectivity index (χ4n) is 4.14. The number of anilines is 2. The average molecular weight is 609 g/mol. The van der Waals surface area contributed by atoms with Crippen molar-refractivity contribution in [1.82, 2.24) is 5.32 Å². The molecule has 0 spiro atoms. The minimum Gasteiger partial charge on any atom is -0.479 e. The van der Waals surface area contributed by atoms with Gasteiger partial charge in [-0.25, -0.2) is 14.4 Å². The zero-order chi connectivity index (χ0) is 32.8. The van der Waals surface area contributed by atoms with Crippen molar-refractivity contribution in [2.45, 2.75) is 45.0 Å². The molecule has 4 aromatic carbocycles. The molecule has 0 radical (unpaired) electrons. The van der Waals surface area contributed by atoms with Gasteiger partial charge in [0.1, 0.15) is 5.60 Å². The van der Waals surface area contributed by atoms with E-state index < -0.39 is 35.7 Å². The van der Waals surface area contributed by atoms with Gasteiger partial charge in [-0.2, -0.15) is 5.26 Å². The molecule has 2 atom stereocenters. The van der Waals surface area contributed by atoms with Crippen LogP contribution in [0.3, 0.4) is 0 Å². The Morgan fingerprint density at radius 3 is 1.69 bits per heavy atom. The highest BCUT2D eigenvalue weighted by Gasteiger charge is 2.20. The molecule has 5 N–H and O–H groups in total. The quantitative estimate of drug-likeness (QED) is 0.131. The Hall–Kier alpha value is -5.82. The lowest BCUT2D eigenvalue weighted by atomic mass is 10.1. The number of hydrogen-bond donors (Lipinski definition) is 5. The predicted molar refractivity (Wildman–Crippen MR) is 172 cm³/mol. The van der Waals surface area contributed by atoms with Gasteiger partial charge in [-0.3, -0.25) is 0 Å². The van der Waals surface area contributed by atoms with E-state index in [1.807, 2.05) is 24.3 Å². The van der Waals surface area contributed by atoms with Crippen LogP contribution in [0.2, 0.25) is 0 Å². The number of benzene rings is 4. The van der Waals surface area contributed by atoms with Crippen LogP contribution in [0.5, 0.6) is 0 Å². The van der Waals surface area contributed by atoms with Gasteiger partial charge in [0.15, 0.2) is 12.1 Å². The molecule has 0 aromatic heterocycles. The van der Waals surface area contributed by atoms with Gasteiger partial charge in [-0.15, -0.1) is 0 Å². The Morgan fingerprint density at radius 1 is 0.733 bits per heavy atom. The van der Waals surface area contributed by atoms with Crippen molar-refractivity contribution >= 4 is 29.4 Å². The standard InChI is InChI=1S/C20H24N2O4.C15H12N2O2/c1-20(2,3)26-19(25)21-13-14-8-7-11-16(12-14)22-17(18(23)24)15-9-5-4-6-10-15;16-10-11-5-4-8-13(9-11)17-14(15(18)19)12-6-2-1-3-7-12/h4-12,17,22H,13H2,1-3H3,(H,21,25)(H,23,24);1-9,14,17H,(H,18,19). The summed E-state index contributed by atoms with van der Waals surface area (Å²) < 4.78 is 5.20. The van der Waals surface area contributed by atoms with E-state index in [2.05, 4.69) is 16.0 Å². The number of nitriles is 1. The molecule has 232 valence electrons. The van der Waals surface area contributed by atoms with Gasteiger partial charge in [0.05, 0.1) is 11.6 Å². The molecule has 0 saturated heterocycles. The second-order valence-electron chi connectivity index (χ2n) is 10.9. The lowest BCUT2D eigenvalue weighted by Crippen LogP contribution is -2.32. The summed E-state index contributed by atoms with van der Waals surface area (Å²) >= 11 is 0. The third kappa shape index (κ3) is 11.4.